The third-order valence-electron chi connectivity index (χ3n) is 2.94. The number of hydrogen-bond acceptors (Lipinski definition) is 3. The largest absolute Gasteiger partial charge is 0.396 e. The minimum atomic E-state index is 0.289. The zero-order valence-corrected chi connectivity index (χ0v) is 11.9. The van der Waals surface area contributed by atoms with Gasteiger partial charge in [0.1, 0.15) is 5.82 Å². The van der Waals surface area contributed by atoms with Crippen LogP contribution < -0.4 is 11.1 Å². The van der Waals surface area contributed by atoms with Crippen LogP contribution in [0.5, 0.6) is 0 Å². The molecule has 1 aromatic rings. The average molecular weight is 286 g/mol. The molecule has 3 N–H and O–H groups in total. The summed E-state index contributed by atoms with van der Waals surface area (Å²) in [7, 11) is 0. The van der Waals surface area contributed by atoms with Crippen LogP contribution in [0, 0.1) is 11.3 Å². The molecule has 1 atom stereocenters. The van der Waals surface area contributed by atoms with E-state index >= 15 is 0 Å². The van der Waals surface area contributed by atoms with Gasteiger partial charge in [-0.1, -0.05) is 27.7 Å². The molecule has 1 rings (SSSR count). The zero-order valence-electron chi connectivity index (χ0n) is 10.3. The highest BCUT2D eigenvalue weighted by molar-refractivity contribution is 9.10. The molecular formula is C12H20BrN3. The van der Waals surface area contributed by atoms with Crippen molar-refractivity contribution in [1.29, 1.82) is 0 Å². The van der Waals surface area contributed by atoms with Crippen molar-refractivity contribution in [3.63, 3.8) is 0 Å². The summed E-state index contributed by atoms with van der Waals surface area (Å²) in [5.41, 5.74) is 6.83. The summed E-state index contributed by atoms with van der Waals surface area (Å²) < 4.78 is 0.902. The van der Waals surface area contributed by atoms with Gasteiger partial charge in [-0.15, -0.1) is 0 Å². The van der Waals surface area contributed by atoms with Gasteiger partial charge >= 0.3 is 0 Å². The van der Waals surface area contributed by atoms with Gasteiger partial charge in [0.05, 0.1) is 5.69 Å². The number of halogens is 1. The summed E-state index contributed by atoms with van der Waals surface area (Å²) in [6.07, 6.45) is 1.75. The summed E-state index contributed by atoms with van der Waals surface area (Å²) in [5, 5.41) is 3.29. The van der Waals surface area contributed by atoms with Gasteiger partial charge < -0.3 is 11.1 Å². The number of nitrogens with two attached hydrogens (primary N) is 1. The fourth-order valence-corrected chi connectivity index (χ4v) is 1.51. The lowest BCUT2D eigenvalue weighted by atomic mass is 9.82. The van der Waals surface area contributed by atoms with Crippen LogP contribution >= 0.6 is 15.9 Å². The SMILES string of the molecule is CC(CNc1ncc(Br)cc1N)C(C)(C)C. The van der Waals surface area contributed by atoms with Crippen LogP contribution in [0.3, 0.4) is 0 Å². The Bertz CT molecular complexity index is 358. The minimum absolute atomic E-state index is 0.289. The fraction of sp³-hybridized carbons (Fsp3) is 0.583. The van der Waals surface area contributed by atoms with E-state index in [2.05, 4.69) is 53.9 Å². The molecule has 0 aromatic carbocycles. The second-order valence-corrected chi connectivity index (χ2v) is 6.16. The molecule has 0 saturated heterocycles. The topological polar surface area (TPSA) is 50.9 Å². The summed E-state index contributed by atoms with van der Waals surface area (Å²) in [6.45, 7) is 9.80. The molecule has 0 aliphatic carbocycles. The first-order valence-corrected chi connectivity index (χ1v) is 6.25. The first-order valence-electron chi connectivity index (χ1n) is 5.45. The molecule has 90 valence electrons. The molecule has 0 aliphatic rings. The number of nitrogen functional groups attached to an aromatic ring is 1. The van der Waals surface area contributed by atoms with Crippen molar-refractivity contribution in [2.75, 3.05) is 17.6 Å². The number of hydrogen-bond donors (Lipinski definition) is 2. The van der Waals surface area contributed by atoms with E-state index < -0.39 is 0 Å². The first-order chi connectivity index (χ1) is 7.30. The van der Waals surface area contributed by atoms with Crippen LogP contribution in [0.15, 0.2) is 16.7 Å². The van der Waals surface area contributed by atoms with Crippen molar-refractivity contribution in [2.24, 2.45) is 11.3 Å². The summed E-state index contributed by atoms with van der Waals surface area (Å²) in [4.78, 5) is 4.25. The number of aromatic nitrogens is 1. The summed E-state index contributed by atoms with van der Waals surface area (Å²) in [6, 6.07) is 1.86. The molecule has 16 heavy (non-hydrogen) atoms. The van der Waals surface area contributed by atoms with E-state index in [9.17, 15) is 0 Å². The number of rotatable bonds is 3. The molecule has 0 radical (unpaired) electrons. The van der Waals surface area contributed by atoms with Gasteiger partial charge in [-0.3, -0.25) is 0 Å². The predicted molar refractivity (Wildman–Crippen MR) is 73.5 cm³/mol. The van der Waals surface area contributed by atoms with Gasteiger partial charge in [-0.2, -0.15) is 0 Å². The molecule has 1 aromatic heterocycles. The van der Waals surface area contributed by atoms with E-state index in [0.717, 1.165) is 16.8 Å². The molecule has 1 heterocycles. The van der Waals surface area contributed by atoms with Gasteiger partial charge in [-0.25, -0.2) is 4.98 Å². The molecule has 0 aliphatic heterocycles. The van der Waals surface area contributed by atoms with Gasteiger partial charge in [-0.05, 0) is 33.3 Å². The highest BCUT2D eigenvalue weighted by Gasteiger charge is 2.19. The molecule has 1 unspecified atom stereocenters. The van der Waals surface area contributed by atoms with Crippen LogP contribution in [0.4, 0.5) is 11.5 Å². The standard InChI is InChI=1S/C12H20BrN3/c1-8(12(2,3)4)6-15-11-10(14)5-9(13)7-16-11/h5,7-8H,6,14H2,1-4H3,(H,15,16). The Labute approximate surface area is 106 Å². The monoisotopic (exact) mass is 285 g/mol. The Morgan fingerprint density at radius 3 is 2.62 bits per heavy atom. The Balaban J connectivity index is 2.62. The van der Waals surface area contributed by atoms with Crippen molar-refractivity contribution in [3.8, 4) is 0 Å². The zero-order chi connectivity index (χ0) is 12.3. The minimum Gasteiger partial charge on any atom is -0.396 e. The van der Waals surface area contributed by atoms with Crippen molar-refractivity contribution >= 4 is 27.4 Å². The highest BCUT2D eigenvalue weighted by Crippen LogP contribution is 2.26. The smallest absolute Gasteiger partial charge is 0.149 e. The van der Waals surface area contributed by atoms with E-state index in [-0.39, 0.29) is 5.41 Å². The van der Waals surface area contributed by atoms with E-state index in [4.69, 9.17) is 5.73 Å². The maximum Gasteiger partial charge on any atom is 0.149 e. The number of nitrogens with zero attached hydrogens (tertiary/aromatic N) is 1. The summed E-state index contributed by atoms with van der Waals surface area (Å²) in [5.74, 6) is 1.32. The van der Waals surface area contributed by atoms with E-state index in [1.54, 1.807) is 6.20 Å². The molecule has 0 bridgehead atoms. The van der Waals surface area contributed by atoms with Crippen LogP contribution in [0.1, 0.15) is 27.7 Å². The average Bonchev–Trinajstić information content (AvgIpc) is 2.14. The molecule has 0 amide bonds. The Hall–Kier alpha value is -0.770. The van der Waals surface area contributed by atoms with Gasteiger partial charge in [0.2, 0.25) is 0 Å². The van der Waals surface area contributed by atoms with Gasteiger partial charge in [0.25, 0.3) is 0 Å². The van der Waals surface area contributed by atoms with Crippen LogP contribution in [-0.2, 0) is 0 Å². The van der Waals surface area contributed by atoms with Crippen molar-refractivity contribution in [3.05, 3.63) is 16.7 Å². The lowest BCUT2D eigenvalue weighted by molar-refractivity contribution is 0.274. The normalized spacial score (nSPS) is 13.6. The van der Waals surface area contributed by atoms with Crippen molar-refractivity contribution in [2.45, 2.75) is 27.7 Å². The Morgan fingerprint density at radius 2 is 2.12 bits per heavy atom. The second kappa shape index (κ2) is 5.04. The third-order valence-corrected chi connectivity index (χ3v) is 3.37. The molecule has 0 spiro atoms. The number of anilines is 2. The van der Waals surface area contributed by atoms with Crippen LogP contribution in [-0.4, -0.2) is 11.5 Å². The van der Waals surface area contributed by atoms with Crippen LogP contribution in [0.2, 0.25) is 0 Å². The van der Waals surface area contributed by atoms with Gasteiger partial charge in [0.15, 0.2) is 0 Å². The molecular weight excluding hydrogens is 266 g/mol. The van der Waals surface area contributed by atoms with Crippen LogP contribution in [0.25, 0.3) is 0 Å². The molecule has 3 nitrogen and oxygen atoms in total. The predicted octanol–water partition coefficient (Wildman–Crippen LogP) is 3.52. The van der Waals surface area contributed by atoms with Crippen molar-refractivity contribution < 1.29 is 0 Å². The fourth-order valence-electron chi connectivity index (χ4n) is 1.16. The maximum atomic E-state index is 5.86. The molecule has 0 saturated carbocycles. The van der Waals surface area contributed by atoms with Gasteiger partial charge in [0, 0.05) is 17.2 Å². The number of pyridine rings is 1. The Morgan fingerprint density at radius 1 is 1.50 bits per heavy atom. The number of nitrogens with one attached hydrogen (secondary N) is 1. The lowest BCUT2D eigenvalue weighted by Crippen LogP contribution is -2.25. The van der Waals surface area contributed by atoms with E-state index in [1.165, 1.54) is 0 Å². The van der Waals surface area contributed by atoms with E-state index in [0.29, 0.717) is 11.6 Å². The highest BCUT2D eigenvalue weighted by atomic mass is 79.9. The summed E-state index contributed by atoms with van der Waals surface area (Å²) >= 11 is 3.34. The van der Waals surface area contributed by atoms with E-state index in [1.807, 2.05) is 6.07 Å². The first kappa shape index (κ1) is 13.3. The second-order valence-electron chi connectivity index (χ2n) is 5.24. The van der Waals surface area contributed by atoms with Crippen molar-refractivity contribution in [1.82, 2.24) is 4.98 Å². The maximum absolute atomic E-state index is 5.86. The third kappa shape index (κ3) is 3.67. The quantitative estimate of drug-likeness (QED) is 0.893. The Kier molecular flexibility index (Phi) is 4.19. The molecule has 4 heteroatoms. The molecule has 0 fully saturated rings. The lowest BCUT2D eigenvalue weighted by Gasteiger charge is -2.27.